The number of nitrogens with one attached hydrogen (secondary N) is 1. The number of ether oxygens (including phenoxy) is 1. The Labute approximate surface area is 272 Å². The van der Waals surface area contributed by atoms with Gasteiger partial charge in [-0.25, -0.2) is 0 Å². The number of carbonyl (C=O) groups excluding carboxylic acids is 2. The van der Waals surface area contributed by atoms with Gasteiger partial charge in [0.2, 0.25) is 11.8 Å². The second kappa shape index (κ2) is 12.4. The summed E-state index contributed by atoms with van der Waals surface area (Å²) in [7, 11) is 7.33. The molecule has 3 unspecified atom stereocenters. The van der Waals surface area contributed by atoms with E-state index in [0.717, 1.165) is 49.1 Å². The summed E-state index contributed by atoms with van der Waals surface area (Å²) in [5.41, 5.74) is 12.8. The smallest absolute Gasteiger partial charge is 0.248 e. The predicted octanol–water partition coefficient (Wildman–Crippen LogP) is 6.42. The van der Waals surface area contributed by atoms with E-state index in [1.807, 2.05) is 45.5 Å². The molecule has 45 heavy (non-hydrogen) atoms. The first-order valence-electron chi connectivity index (χ1n) is 16.3. The van der Waals surface area contributed by atoms with Gasteiger partial charge in [0.25, 0.3) is 0 Å². The van der Waals surface area contributed by atoms with Crippen molar-refractivity contribution < 1.29 is 14.3 Å². The van der Waals surface area contributed by atoms with Gasteiger partial charge in [-0.3, -0.25) is 13.9 Å². The van der Waals surface area contributed by atoms with E-state index < -0.39 is 11.3 Å². The number of amides is 2. The van der Waals surface area contributed by atoms with Crippen molar-refractivity contribution in [2.75, 3.05) is 28.3 Å². The molecule has 2 aliphatic heterocycles. The van der Waals surface area contributed by atoms with Crippen LogP contribution in [0.1, 0.15) is 91.6 Å². The van der Waals surface area contributed by atoms with Crippen LogP contribution in [0.25, 0.3) is 22.2 Å². The van der Waals surface area contributed by atoms with Crippen LogP contribution in [0.5, 0.6) is 5.75 Å². The van der Waals surface area contributed by atoms with Gasteiger partial charge in [0.1, 0.15) is 5.75 Å². The summed E-state index contributed by atoms with van der Waals surface area (Å²) < 4.78 is 9.79. The van der Waals surface area contributed by atoms with Gasteiger partial charge in [0.05, 0.1) is 18.2 Å². The summed E-state index contributed by atoms with van der Waals surface area (Å²) in [6, 6.07) is 12.5. The third kappa shape index (κ3) is 5.52. The highest BCUT2D eigenvalue weighted by Crippen LogP contribution is 2.66. The van der Waals surface area contributed by atoms with E-state index >= 15 is 0 Å². The lowest BCUT2D eigenvalue weighted by Crippen LogP contribution is -2.41. The van der Waals surface area contributed by atoms with Crippen LogP contribution in [-0.2, 0) is 11.3 Å². The largest absolute Gasteiger partial charge is 0.497 e. The molecule has 1 saturated heterocycles. The minimum atomic E-state index is -0.559. The number of allylic oxidation sites excluding steroid dienone is 1. The molecule has 3 fully saturated rings. The summed E-state index contributed by atoms with van der Waals surface area (Å²) in [5.74, 6) is 1.16. The number of likely N-dealkylation sites (tertiary alicyclic amines) is 1. The zero-order chi connectivity index (χ0) is 32.0. The normalized spacial score (nSPS) is 24.8. The van der Waals surface area contributed by atoms with Gasteiger partial charge < -0.3 is 25.3 Å². The fourth-order valence-electron chi connectivity index (χ4n) is 8.20. The number of aromatic nitrogens is 1. The van der Waals surface area contributed by atoms with E-state index in [1.54, 1.807) is 11.4 Å². The molecule has 0 spiro atoms. The minimum absolute atomic E-state index is 0.109. The number of nitrogens with zero attached hydrogens (tertiary/aromatic N) is 3. The summed E-state index contributed by atoms with van der Waals surface area (Å²) in [4.78, 5) is 29.1. The molecule has 2 aliphatic carbocycles. The van der Waals surface area contributed by atoms with Gasteiger partial charge >= 0.3 is 0 Å². The molecule has 240 valence electrons. The Hall–Kier alpha value is -3.43. The van der Waals surface area contributed by atoms with E-state index in [9.17, 15) is 9.59 Å². The number of thiol groups is 1. The highest BCUT2D eigenvalue weighted by molar-refractivity contribution is 7.77. The topological polar surface area (TPSA) is 92.8 Å². The lowest BCUT2D eigenvalue weighted by molar-refractivity contribution is -0.136. The minimum Gasteiger partial charge on any atom is -0.497 e. The van der Waals surface area contributed by atoms with Gasteiger partial charge in [-0.05, 0) is 100 Å². The third-order valence-electron chi connectivity index (χ3n) is 10.3. The third-order valence-corrected chi connectivity index (χ3v) is 10.3. The number of rotatable bonds is 5. The molecule has 4 aliphatic rings. The molecule has 7 rings (SSSR count). The predicted molar refractivity (Wildman–Crippen MR) is 183 cm³/mol. The van der Waals surface area contributed by atoms with Crippen molar-refractivity contribution >= 4 is 35.5 Å². The lowest BCUT2D eigenvalue weighted by Gasteiger charge is -2.29. The van der Waals surface area contributed by atoms with Crippen molar-refractivity contribution in [2.45, 2.75) is 82.7 Å². The van der Waals surface area contributed by atoms with Gasteiger partial charge in [-0.1, -0.05) is 38.1 Å². The van der Waals surface area contributed by atoms with E-state index in [1.165, 1.54) is 47.0 Å². The molecule has 1 aromatic heterocycles. The molecule has 9 heteroatoms. The quantitative estimate of drug-likeness (QED) is 0.284. The highest BCUT2D eigenvalue weighted by atomic mass is 32.1. The van der Waals surface area contributed by atoms with Crippen LogP contribution in [0.15, 0.2) is 48.3 Å². The second-order valence-electron chi connectivity index (χ2n) is 13.5. The molecule has 3 heterocycles. The highest BCUT2D eigenvalue weighted by Gasteiger charge is 2.64. The lowest BCUT2D eigenvalue weighted by atomic mass is 9.81. The van der Waals surface area contributed by atoms with Crippen molar-refractivity contribution in [3.05, 3.63) is 65.0 Å². The Balaban J connectivity index is 0.000000845. The number of nitrogens with two attached hydrogens (primary N) is 1. The molecular formula is C36H47N5O3S. The Morgan fingerprint density at radius 1 is 1.11 bits per heavy atom. The molecule has 2 aromatic carbocycles. The molecule has 8 nitrogen and oxygen atoms in total. The average Bonchev–Trinajstić information content (AvgIpc) is 3.55. The molecule has 3 aromatic rings. The molecule has 2 saturated carbocycles. The summed E-state index contributed by atoms with van der Waals surface area (Å²) in [6.07, 6.45) is 10.7. The summed E-state index contributed by atoms with van der Waals surface area (Å²) in [6.45, 7) is 2.75. The number of hydrogen-bond acceptors (Lipinski definition) is 6. The van der Waals surface area contributed by atoms with E-state index in [0.29, 0.717) is 18.0 Å². The van der Waals surface area contributed by atoms with E-state index in [-0.39, 0.29) is 17.9 Å². The van der Waals surface area contributed by atoms with Crippen molar-refractivity contribution in [2.24, 2.45) is 11.1 Å². The Morgan fingerprint density at radius 3 is 2.51 bits per heavy atom. The van der Waals surface area contributed by atoms with E-state index in [4.69, 9.17) is 10.5 Å². The standard InChI is InChI=1S/C34H40N4O3.C2H7NS/c1-20-9-11-23(18-36-2)38(20)33(40)34-17-28(34)27-16-24(41-3)12-14-25(27)31-30(21-7-5-4-6-8-21)26-13-10-22(32(35)39)15-29(26)37(31)19-34;1-3(2)4/h10,12-16,18,20-21,28,36H,4-9,11,17,19H2,1-3H3,(H2,35,39);4H,1-2H3/b23-18+;. The van der Waals surface area contributed by atoms with Gasteiger partial charge in [0, 0.05) is 59.5 Å². The maximum absolute atomic E-state index is 14.7. The van der Waals surface area contributed by atoms with Crippen LogP contribution in [0, 0.1) is 5.41 Å². The Kier molecular flexibility index (Phi) is 8.69. The van der Waals surface area contributed by atoms with Crippen molar-refractivity contribution in [1.29, 1.82) is 0 Å². The van der Waals surface area contributed by atoms with Crippen molar-refractivity contribution in [3.63, 3.8) is 0 Å². The van der Waals surface area contributed by atoms with Crippen molar-refractivity contribution in [1.82, 2.24) is 19.1 Å². The van der Waals surface area contributed by atoms with Crippen molar-refractivity contribution in [3.8, 4) is 17.0 Å². The second-order valence-corrected chi connectivity index (χ2v) is 14.3. The number of benzene rings is 2. The van der Waals surface area contributed by atoms with Crippen LogP contribution < -0.4 is 15.8 Å². The SMILES string of the molecule is CN(C)S.CN/C=C1\CCC(C)N1C(=O)C12CC1c1cc(OC)ccc1-c1c(C3CCCCC3)c3ccc(C(N)=O)cc3n1C2. The first kappa shape index (κ1) is 31.5. The van der Waals surface area contributed by atoms with Crippen LogP contribution in [0.3, 0.4) is 0 Å². The van der Waals surface area contributed by atoms with Crippen LogP contribution in [-0.4, -0.2) is 59.9 Å². The molecule has 3 N–H and O–H groups in total. The van der Waals surface area contributed by atoms with Gasteiger partial charge in [-0.15, -0.1) is 0 Å². The number of carbonyl (C=O) groups is 2. The Morgan fingerprint density at radius 2 is 1.84 bits per heavy atom. The molecule has 3 atom stereocenters. The molecule has 0 bridgehead atoms. The molecular weight excluding hydrogens is 582 g/mol. The molecule has 0 radical (unpaired) electrons. The first-order chi connectivity index (χ1) is 21.6. The van der Waals surface area contributed by atoms with Gasteiger partial charge in [-0.2, -0.15) is 0 Å². The fraction of sp³-hybridized carbons (Fsp3) is 0.500. The maximum Gasteiger partial charge on any atom is 0.248 e. The van der Waals surface area contributed by atoms with Gasteiger partial charge in [0.15, 0.2) is 0 Å². The zero-order valence-electron chi connectivity index (χ0n) is 27.2. The Bertz CT molecular complexity index is 1650. The number of primary amides is 1. The van der Waals surface area contributed by atoms with E-state index in [2.05, 4.69) is 52.7 Å². The zero-order valence-corrected chi connectivity index (χ0v) is 28.1. The maximum atomic E-state index is 14.7. The number of methoxy groups -OCH3 is 1. The average molecular weight is 630 g/mol. The molecule has 2 amide bonds. The monoisotopic (exact) mass is 629 g/mol. The van der Waals surface area contributed by atoms with Crippen LogP contribution >= 0.6 is 12.8 Å². The van der Waals surface area contributed by atoms with Crippen LogP contribution in [0.2, 0.25) is 0 Å². The first-order valence-corrected chi connectivity index (χ1v) is 16.7. The summed E-state index contributed by atoms with van der Waals surface area (Å²) >= 11 is 3.80. The van der Waals surface area contributed by atoms with Crippen LogP contribution in [0.4, 0.5) is 0 Å². The summed E-state index contributed by atoms with van der Waals surface area (Å²) in [5, 5.41) is 4.35. The fourth-order valence-corrected chi connectivity index (χ4v) is 8.20. The number of hydrogen-bond donors (Lipinski definition) is 3. The number of fused-ring (bicyclic) bond motifs is 7.